The fourth-order valence-corrected chi connectivity index (χ4v) is 2.71. The molecule has 0 aliphatic heterocycles. The maximum absolute atomic E-state index is 12.0. The summed E-state index contributed by atoms with van der Waals surface area (Å²) < 4.78 is 0.985. The zero-order valence-electron chi connectivity index (χ0n) is 8.50. The molecule has 5 heteroatoms. The van der Waals surface area contributed by atoms with E-state index in [0.717, 1.165) is 28.2 Å². The van der Waals surface area contributed by atoms with Crippen LogP contribution < -0.4 is 0 Å². The number of thiophene rings is 1. The fourth-order valence-electron chi connectivity index (χ4n) is 1.24. The Labute approximate surface area is 107 Å². The van der Waals surface area contributed by atoms with Gasteiger partial charge in [0.25, 0.3) is 5.91 Å². The Bertz CT molecular complexity index is 329. The monoisotopic (exact) mass is 309 g/mol. The normalized spacial score (nSPS) is 10.3. The molecule has 0 N–H and O–H groups in total. The molecule has 0 radical (unpaired) electrons. The largest absolute Gasteiger partial charge is 0.338 e. The molecule has 0 aromatic carbocycles. The van der Waals surface area contributed by atoms with Gasteiger partial charge in [-0.15, -0.1) is 22.9 Å². The molecule has 2 nitrogen and oxygen atoms in total. The molecule has 0 saturated carbocycles. The van der Waals surface area contributed by atoms with Crippen molar-refractivity contribution < 1.29 is 4.79 Å². The second-order valence-corrected chi connectivity index (χ2v) is 5.87. The summed E-state index contributed by atoms with van der Waals surface area (Å²) in [5.41, 5.74) is 0. The van der Waals surface area contributed by atoms with E-state index in [9.17, 15) is 4.79 Å². The number of nitrogens with zero attached hydrogens (tertiary/aromatic N) is 1. The molecule has 0 unspecified atom stereocenters. The van der Waals surface area contributed by atoms with Crippen molar-refractivity contribution >= 4 is 44.8 Å². The standard InChI is InChI=1S/C10H13BrClNOS/c1-2-13(7-3-6-12)10(14)8-4-5-9(11)15-8/h4-5H,2-3,6-7H2,1H3. The van der Waals surface area contributed by atoms with Crippen molar-refractivity contribution in [3.05, 3.63) is 20.8 Å². The number of alkyl halides is 1. The van der Waals surface area contributed by atoms with Gasteiger partial charge in [-0.2, -0.15) is 0 Å². The molecule has 1 aromatic heterocycles. The van der Waals surface area contributed by atoms with Gasteiger partial charge in [0.15, 0.2) is 0 Å². The highest BCUT2D eigenvalue weighted by atomic mass is 79.9. The first-order valence-corrected chi connectivity index (χ1v) is 6.94. The molecule has 0 bridgehead atoms. The molecule has 0 saturated heterocycles. The molecule has 84 valence electrons. The Balaban J connectivity index is 2.64. The van der Waals surface area contributed by atoms with Crippen molar-refractivity contribution in [2.75, 3.05) is 19.0 Å². The van der Waals surface area contributed by atoms with Crippen LogP contribution in [-0.2, 0) is 0 Å². The van der Waals surface area contributed by atoms with Gasteiger partial charge in [0.2, 0.25) is 0 Å². The first-order chi connectivity index (χ1) is 7.19. The summed E-state index contributed by atoms with van der Waals surface area (Å²) in [6.07, 6.45) is 0.841. The molecular weight excluding hydrogens is 298 g/mol. The zero-order chi connectivity index (χ0) is 11.3. The lowest BCUT2D eigenvalue weighted by Gasteiger charge is -2.19. The van der Waals surface area contributed by atoms with Crippen LogP contribution in [0.5, 0.6) is 0 Å². The summed E-state index contributed by atoms with van der Waals surface area (Å²) >= 11 is 10.4. The molecule has 1 rings (SSSR count). The molecule has 0 atom stereocenters. The van der Waals surface area contributed by atoms with E-state index >= 15 is 0 Å². The van der Waals surface area contributed by atoms with Crippen LogP contribution in [0.2, 0.25) is 0 Å². The van der Waals surface area contributed by atoms with E-state index < -0.39 is 0 Å². The van der Waals surface area contributed by atoms with Gasteiger partial charge < -0.3 is 4.90 Å². The van der Waals surface area contributed by atoms with Crippen molar-refractivity contribution in [1.29, 1.82) is 0 Å². The van der Waals surface area contributed by atoms with E-state index in [1.807, 2.05) is 24.0 Å². The van der Waals surface area contributed by atoms with Crippen LogP contribution in [0.1, 0.15) is 23.0 Å². The van der Waals surface area contributed by atoms with Gasteiger partial charge in [0, 0.05) is 19.0 Å². The maximum Gasteiger partial charge on any atom is 0.263 e. The van der Waals surface area contributed by atoms with Crippen LogP contribution in [0.15, 0.2) is 15.9 Å². The van der Waals surface area contributed by atoms with E-state index in [0.29, 0.717) is 5.88 Å². The van der Waals surface area contributed by atoms with Crippen LogP contribution in [0.25, 0.3) is 0 Å². The van der Waals surface area contributed by atoms with Gasteiger partial charge in [0.1, 0.15) is 0 Å². The Morgan fingerprint density at radius 3 is 2.80 bits per heavy atom. The van der Waals surface area contributed by atoms with Crippen molar-refractivity contribution in [2.45, 2.75) is 13.3 Å². The zero-order valence-corrected chi connectivity index (χ0v) is 11.7. The third-order valence-electron chi connectivity index (χ3n) is 2.01. The van der Waals surface area contributed by atoms with Gasteiger partial charge in [-0.25, -0.2) is 0 Å². The SMILES string of the molecule is CCN(CCCCl)C(=O)c1ccc(Br)s1. The predicted molar refractivity (Wildman–Crippen MR) is 68.9 cm³/mol. The highest BCUT2D eigenvalue weighted by Crippen LogP contribution is 2.23. The number of carbonyl (C=O) groups excluding carboxylic acids is 1. The van der Waals surface area contributed by atoms with Gasteiger partial charge in [-0.1, -0.05) is 0 Å². The smallest absolute Gasteiger partial charge is 0.263 e. The van der Waals surface area contributed by atoms with Crippen molar-refractivity contribution in [1.82, 2.24) is 4.90 Å². The average Bonchev–Trinajstić information content (AvgIpc) is 2.65. The first kappa shape index (κ1) is 13.0. The molecule has 0 aliphatic rings. The highest BCUT2D eigenvalue weighted by Gasteiger charge is 2.15. The number of carbonyl (C=O) groups is 1. The minimum Gasteiger partial charge on any atom is -0.338 e. The summed E-state index contributed by atoms with van der Waals surface area (Å²) in [6.45, 7) is 3.44. The third-order valence-corrected chi connectivity index (χ3v) is 3.89. The lowest BCUT2D eigenvalue weighted by molar-refractivity contribution is 0.0769. The number of hydrogen-bond donors (Lipinski definition) is 0. The second-order valence-electron chi connectivity index (χ2n) is 3.03. The topological polar surface area (TPSA) is 20.3 Å². The fraction of sp³-hybridized carbons (Fsp3) is 0.500. The predicted octanol–water partition coefficient (Wildman–Crippen LogP) is 3.60. The number of rotatable bonds is 5. The molecule has 1 amide bonds. The number of hydrogen-bond acceptors (Lipinski definition) is 2. The Morgan fingerprint density at radius 2 is 2.33 bits per heavy atom. The van der Waals surface area contributed by atoms with Gasteiger partial charge in [0.05, 0.1) is 8.66 Å². The summed E-state index contributed by atoms with van der Waals surface area (Å²) in [6, 6.07) is 3.74. The molecule has 0 aliphatic carbocycles. The van der Waals surface area contributed by atoms with Gasteiger partial charge in [-0.05, 0) is 41.4 Å². The minimum absolute atomic E-state index is 0.0957. The van der Waals surface area contributed by atoms with E-state index in [1.165, 1.54) is 11.3 Å². The minimum atomic E-state index is 0.0957. The van der Waals surface area contributed by atoms with E-state index in [1.54, 1.807) is 0 Å². The first-order valence-electron chi connectivity index (χ1n) is 4.79. The second kappa shape index (κ2) is 6.51. The quantitative estimate of drug-likeness (QED) is 0.761. The third kappa shape index (κ3) is 3.78. The van der Waals surface area contributed by atoms with Crippen LogP contribution in [0.4, 0.5) is 0 Å². The molecule has 15 heavy (non-hydrogen) atoms. The van der Waals surface area contributed by atoms with Crippen molar-refractivity contribution in [3.63, 3.8) is 0 Å². The molecule has 0 fully saturated rings. The van der Waals surface area contributed by atoms with Gasteiger partial charge in [-0.3, -0.25) is 4.79 Å². The molecule has 1 heterocycles. The van der Waals surface area contributed by atoms with Crippen LogP contribution >= 0.6 is 38.9 Å². The number of halogens is 2. The van der Waals surface area contributed by atoms with E-state index in [4.69, 9.17) is 11.6 Å². The highest BCUT2D eigenvalue weighted by molar-refractivity contribution is 9.11. The Morgan fingerprint density at radius 1 is 1.60 bits per heavy atom. The maximum atomic E-state index is 12.0. The summed E-state index contributed by atoms with van der Waals surface area (Å²) in [5.74, 6) is 0.691. The summed E-state index contributed by atoms with van der Waals surface area (Å²) in [4.78, 5) is 14.6. The number of amides is 1. The Kier molecular flexibility index (Phi) is 5.64. The van der Waals surface area contributed by atoms with Crippen LogP contribution in [0, 0.1) is 0 Å². The molecular formula is C10H13BrClNOS. The molecule has 1 aromatic rings. The van der Waals surface area contributed by atoms with Crippen molar-refractivity contribution in [3.8, 4) is 0 Å². The molecule has 0 spiro atoms. The Hall–Kier alpha value is -0.0600. The van der Waals surface area contributed by atoms with E-state index in [2.05, 4.69) is 15.9 Å². The summed E-state index contributed by atoms with van der Waals surface area (Å²) in [7, 11) is 0. The van der Waals surface area contributed by atoms with E-state index in [-0.39, 0.29) is 5.91 Å². The van der Waals surface area contributed by atoms with Crippen LogP contribution in [-0.4, -0.2) is 29.8 Å². The summed E-state index contributed by atoms with van der Waals surface area (Å²) in [5, 5.41) is 0. The van der Waals surface area contributed by atoms with Crippen molar-refractivity contribution in [2.24, 2.45) is 0 Å². The lowest BCUT2D eigenvalue weighted by atomic mass is 10.3. The lowest BCUT2D eigenvalue weighted by Crippen LogP contribution is -2.31. The van der Waals surface area contributed by atoms with Crippen LogP contribution in [0.3, 0.4) is 0 Å². The van der Waals surface area contributed by atoms with Gasteiger partial charge >= 0.3 is 0 Å². The average molecular weight is 311 g/mol.